The van der Waals surface area contributed by atoms with Crippen LogP contribution in [0.25, 0.3) is 0 Å². The van der Waals surface area contributed by atoms with Gasteiger partial charge in [-0.1, -0.05) is 18.2 Å². The summed E-state index contributed by atoms with van der Waals surface area (Å²) in [7, 11) is -1.99. The summed E-state index contributed by atoms with van der Waals surface area (Å²) in [6, 6.07) is 14.1. The second kappa shape index (κ2) is 6.60. The molecule has 0 aromatic heterocycles. The van der Waals surface area contributed by atoms with Gasteiger partial charge < -0.3 is 9.47 Å². The van der Waals surface area contributed by atoms with Gasteiger partial charge in [-0.15, -0.1) is 0 Å². The van der Waals surface area contributed by atoms with Crippen molar-refractivity contribution >= 4 is 10.0 Å². The molecular formula is C17H19NO4S. The van der Waals surface area contributed by atoms with E-state index in [1.165, 1.54) is 0 Å². The van der Waals surface area contributed by atoms with Crippen molar-refractivity contribution in [3.8, 4) is 11.5 Å². The van der Waals surface area contributed by atoms with E-state index in [0.29, 0.717) is 18.9 Å². The lowest BCUT2D eigenvalue weighted by molar-refractivity contribution is 0.267. The smallest absolute Gasteiger partial charge is 0.240 e. The molecule has 5 nitrogen and oxygen atoms in total. The number of methoxy groups -OCH3 is 1. The van der Waals surface area contributed by atoms with E-state index in [2.05, 4.69) is 4.72 Å². The molecule has 2 aromatic carbocycles. The Morgan fingerprint density at radius 1 is 1.17 bits per heavy atom. The van der Waals surface area contributed by atoms with Crippen LogP contribution in [0.4, 0.5) is 0 Å². The number of sulfonamides is 1. The second-order valence-electron chi connectivity index (χ2n) is 5.40. The van der Waals surface area contributed by atoms with E-state index in [1.807, 2.05) is 24.3 Å². The van der Waals surface area contributed by atoms with Crippen LogP contribution in [0.2, 0.25) is 0 Å². The van der Waals surface area contributed by atoms with Crippen LogP contribution in [0.5, 0.6) is 11.5 Å². The summed E-state index contributed by atoms with van der Waals surface area (Å²) in [5.74, 6) is 1.59. The molecular weight excluding hydrogens is 314 g/mol. The lowest BCUT2D eigenvalue weighted by atomic mass is 9.93. The third kappa shape index (κ3) is 3.48. The maximum absolute atomic E-state index is 12.4. The fourth-order valence-electron chi connectivity index (χ4n) is 2.68. The van der Waals surface area contributed by atoms with E-state index in [0.717, 1.165) is 17.7 Å². The summed E-state index contributed by atoms with van der Waals surface area (Å²) in [4.78, 5) is 0.235. The van der Waals surface area contributed by atoms with Crippen molar-refractivity contribution in [3.05, 3.63) is 54.1 Å². The van der Waals surface area contributed by atoms with Gasteiger partial charge in [-0.25, -0.2) is 13.1 Å². The fraction of sp³-hybridized carbons (Fsp3) is 0.294. The molecule has 1 heterocycles. The monoisotopic (exact) mass is 333 g/mol. The predicted molar refractivity (Wildman–Crippen MR) is 87.5 cm³/mol. The molecule has 23 heavy (non-hydrogen) atoms. The Bertz CT molecular complexity index is 771. The van der Waals surface area contributed by atoms with Gasteiger partial charge in [0.05, 0.1) is 18.6 Å². The first-order valence-electron chi connectivity index (χ1n) is 7.45. The van der Waals surface area contributed by atoms with Crippen LogP contribution in [0, 0.1) is 0 Å². The van der Waals surface area contributed by atoms with Crippen molar-refractivity contribution in [1.82, 2.24) is 4.72 Å². The first-order chi connectivity index (χ1) is 11.1. The summed E-state index contributed by atoms with van der Waals surface area (Å²) >= 11 is 0. The minimum absolute atomic E-state index is 0.118. The predicted octanol–water partition coefficient (Wildman–Crippen LogP) is 2.54. The first-order valence-corrected chi connectivity index (χ1v) is 8.94. The Labute approximate surface area is 136 Å². The van der Waals surface area contributed by atoms with Crippen LogP contribution in [-0.4, -0.2) is 28.7 Å². The van der Waals surface area contributed by atoms with Crippen LogP contribution in [0.3, 0.4) is 0 Å². The van der Waals surface area contributed by atoms with Crippen molar-refractivity contribution in [2.24, 2.45) is 0 Å². The molecule has 0 bridgehead atoms. The Hall–Kier alpha value is -2.05. The van der Waals surface area contributed by atoms with Gasteiger partial charge in [0.1, 0.15) is 11.5 Å². The molecule has 0 fully saturated rings. The second-order valence-corrected chi connectivity index (χ2v) is 7.17. The summed E-state index contributed by atoms with van der Waals surface area (Å²) in [5.41, 5.74) is 1.05. The zero-order valence-corrected chi connectivity index (χ0v) is 13.7. The highest BCUT2D eigenvalue weighted by atomic mass is 32.2. The Morgan fingerprint density at radius 2 is 1.91 bits per heavy atom. The molecule has 0 spiro atoms. The van der Waals surface area contributed by atoms with Gasteiger partial charge in [-0.2, -0.15) is 0 Å². The molecule has 3 rings (SSSR count). The molecule has 0 amide bonds. The molecule has 0 saturated heterocycles. The number of ether oxygens (including phenoxy) is 2. The van der Waals surface area contributed by atoms with E-state index >= 15 is 0 Å². The minimum atomic E-state index is -3.53. The van der Waals surface area contributed by atoms with E-state index < -0.39 is 10.0 Å². The average Bonchev–Trinajstić information content (AvgIpc) is 2.60. The molecule has 0 saturated carbocycles. The van der Waals surface area contributed by atoms with Gasteiger partial charge in [0.2, 0.25) is 10.0 Å². The largest absolute Gasteiger partial charge is 0.497 e. The van der Waals surface area contributed by atoms with Gasteiger partial charge in [0.15, 0.2) is 0 Å². The number of hydrogen-bond acceptors (Lipinski definition) is 4. The molecule has 122 valence electrons. The number of hydrogen-bond donors (Lipinski definition) is 1. The first kappa shape index (κ1) is 15.8. The van der Waals surface area contributed by atoms with Gasteiger partial charge in [0.25, 0.3) is 0 Å². The maximum atomic E-state index is 12.4. The molecule has 0 aliphatic carbocycles. The molecule has 1 unspecified atom stereocenters. The molecule has 1 atom stereocenters. The number of rotatable bonds is 5. The summed E-state index contributed by atoms with van der Waals surface area (Å²) in [6.07, 6.45) is 0.794. The van der Waals surface area contributed by atoms with Gasteiger partial charge in [-0.3, -0.25) is 0 Å². The van der Waals surface area contributed by atoms with Gasteiger partial charge >= 0.3 is 0 Å². The standard InChI is InChI=1S/C17H19NO4S/c1-21-14-6-8-15(9-7-14)23(19,20)18-12-13-10-11-22-17-5-3-2-4-16(13)17/h2-9,13,18H,10-12H2,1H3. The molecule has 6 heteroatoms. The maximum Gasteiger partial charge on any atom is 0.240 e. The summed E-state index contributed by atoms with van der Waals surface area (Å²) in [5, 5.41) is 0. The Kier molecular flexibility index (Phi) is 4.54. The highest BCUT2D eigenvalue weighted by molar-refractivity contribution is 7.89. The van der Waals surface area contributed by atoms with Crippen LogP contribution in [0.1, 0.15) is 17.9 Å². The van der Waals surface area contributed by atoms with Crippen molar-refractivity contribution in [2.75, 3.05) is 20.3 Å². The Morgan fingerprint density at radius 3 is 2.65 bits per heavy atom. The highest BCUT2D eigenvalue weighted by Gasteiger charge is 2.23. The lowest BCUT2D eigenvalue weighted by Gasteiger charge is -2.26. The topological polar surface area (TPSA) is 64.6 Å². The molecule has 0 radical (unpaired) electrons. The average molecular weight is 333 g/mol. The van der Waals surface area contributed by atoms with Crippen LogP contribution in [0.15, 0.2) is 53.4 Å². The third-order valence-corrected chi connectivity index (χ3v) is 5.41. The van der Waals surface area contributed by atoms with E-state index in [4.69, 9.17) is 9.47 Å². The summed E-state index contributed by atoms with van der Waals surface area (Å²) < 4.78 is 38.2. The van der Waals surface area contributed by atoms with E-state index in [-0.39, 0.29) is 10.8 Å². The highest BCUT2D eigenvalue weighted by Crippen LogP contribution is 2.33. The van der Waals surface area contributed by atoms with E-state index in [9.17, 15) is 8.42 Å². The number of para-hydroxylation sites is 1. The van der Waals surface area contributed by atoms with E-state index in [1.54, 1.807) is 31.4 Å². The lowest BCUT2D eigenvalue weighted by Crippen LogP contribution is -2.30. The normalized spacial score (nSPS) is 17.2. The van der Waals surface area contributed by atoms with Gasteiger partial charge in [0, 0.05) is 12.5 Å². The van der Waals surface area contributed by atoms with Crippen molar-refractivity contribution in [3.63, 3.8) is 0 Å². The van der Waals surface area contributed by atoms with Gasteiger partial charge in [-0.05, 0) is 42.3 Å². The van der Waals surface area contributed by atoms with Crippen LogP contribution < -0.4 is 14.2 Å². The quantitative estimate of drug-likeness (QED) is 0.913. The molecule has 1 N–H and O–H groups in total. The van der Waals surface area contributed by atoms with Crippen LogP contribution in [-0.2, 0) is 10.0 Å². The number of benzene rings is 2. The Balaban J connectivity index is 1.72. The fourth-order valence-corrected chi connectivity index (χ4v) is 3.76. The minimum Gasteiger partial charge on any atom is -0.497 e. The molecule has 2 aromatic rings. The zero-order chi connectivity index (χ0) is 16.3. The van der Waals surface area contributed by atoms with Crippen molar-refractivity contribution < 1.29 is 17.9 Å². The summed E-state index contributed by atoms with van der Waals surface area (Å²) in [6.45, 7) is 0.959. The SMILES string of the molecule is COc1ccc(S(=O)(=O)NCC2CCOc3ccccc32)cc1. The third-order valence-electron chi connectivity index (χ3n) is 3.97. The number of nitrogens with one attached hydrogen (secondary N) is 1. The number of fused-ring (bicyclic) bond motifs is 1. The zero-order valence-electron chi connectivity index (χ0n) is 12.9. The van der Waals surface area contributed by atoms with Crippen LogP contribution >= 0.6 is 0 Å². The molecule has 1 aliphatic rings. The van der Waals surface area contributed by atoms with Crippen molar-refractivity contribution in [2.45, 2.75) is 17.2 Å². The molecule has 1 aliphatic heterocycles. The van der Waals surface area contributed by atoms with Crippen molar-refractivity contribution in [1.29, 1.82) is 0 Å².